The number of carbonyl (C=O) groups excluding carboxylic acids is 1. The van der Waals surface area contributed by atoms with Crippen LogP contribution in [0.2, 0.25) is 0 Å². The van der Waals surface area contributed by atoms with Crippen LogP contribution in [-0.4, -0.2) is 12.4 Å². The van der Waals surface area contributed by atoms with Gasteiger partial charge in [-0.2, -0.15) is 0 Å². The highest BCUT2D eigenvalue weighted by Crippen LogP contribution is 2.23. The van der Waals surface area contributed by atoms with Crippen LogP contribution in [0, 0.1) is 0 Å². The Balaban J connectivity index is 1.66. The Kier molecular flexibility index (Phi) is 3.88. The molecule has 0 radical (unpaired) electrons. The SMILES string of the molecule is O=C(COc1ccc(Br)cc1)c1ccc2c(c1)CCC2. The molecular formula is C17H15BrO2. The summed E-state index contributed by atoms with van der Waals surface area (Å²) in [4.78, 5) is 12.2. The van der Waals surface area contributed by atoms with Crippen LogP contribution in [0.5, 0.6) is 5.75 Å². The molecule has 1 aliphatic rings. The van der Waals surface area contributed by atoms with Crippen molar-refractivity contribution in [1.29, 1.82) is 0 Å². The van der Waals surface area contributed by atoms with Crippen molar-refractivity contribution < 1.29 is 9.53 Å². The third-order valence-electron chi connectivity index (χ3n) is 3.60. The highest BCUT2D eigenvalue weighted by molar-refractivity contribution is 9.10. The summed E-state index contributed by atoms with van der Waals surface area (Å²) in [6.07, 6.45) is 3.42. The molecule has 0 unspecified atom stereocenters. The zero-order chi connectivity index (χ0) is 13.9. The van der Waals surface area contributed by atoms with Crippen LogP contribution in [0.3, 0.4) is 0 Å². The molecule has 0 atom stereocenters. The van der Waals surface area contributed by atoms with E-state index < -0.39 is 0 Å². The van der Waals surface area contributed by atoms with E-state index >= 15 is 0 Å². The molecule has 2 aromatic rings. The van der Waals surface area contributed by atoms with E-state index in [0.717, 1.165) is 22.9 Å². The van der Waals surface area contributed by atoms with Gasteiger partial charge in [-0.25, -0.2) is 0 Å². The lowest BCUT2D eigenvalue weighted by molar-refractivity contribution is 0.0921. The van der Waals surface area contributed by atoms with Gasteiger partial charge in [0.15, 0.2) is 12.4 Å². The monoisotopic (exact) mass is 330 g/mol. The van der Waals surface area contributed by atoms with E-state index in [2.05, 4.69) is 22.0 Å². The van der Waals surface area contributed by atoms with Gasteiger partial charge in [0.25, 0.3) is 0 Å². The lowest BCUT2D eigenvalue weighted by Crippen LogP contribution is -2.11. The summed E-state index contributed by atoms with van der Waals surface area (Å²) in [6, 6.07) is 13.5. The second-order valence-electron chi connectivity index (χ2n) is 5.00. The third-order valence-corrected chi connectivity index (χ3v) is 4.13. The molecular weight excluding hydrogens is 316 g/mol. The van der Waals surface area contributed by atoms with Crippen molar-refractivity contribution in [3.8, 4) is 5.75 Å². The van der Waals surface area contributed by atoms with E-state index in [1.165, 1.54) is 17.5 Å². The minimum Gasteiger partial charge on any atom is -0.485 e. The van der Waals surface area contributed by atoms with E-state index in [0.29, 0.717) is 5.75 Å². The van der Waals surface area contributed by atoms with E-state index in [9.17, 15) is 4.79 Å². The summed E-state index contributed by atoms with van der Waals surface area (Å²) in [5.41, 5.74) is 3.46. The normalized spacial score (nSPS) is 13.1. The van der Waals surface area contributed by atoms with E-state index in [1.54, 1.807) is 0 Å². The highest BCUT2D eigenvalue weighted by atomic mass is 79.9. The van der Waals surface area contributed by atoms with E-state index in [-0.39, 0.29) is 12.4 Å². The Morgan fingerprint density at radius 3 is 2.60 bits per heavy atom. The number of ether oxygens (including phenoxy) is 1. The summed E-state index contributed by atoms with van der Waals surface area (Å²) in [7, 11) is 0. The second-order valence-corrected chi connectivity index (χ2v) is 5.92. The summed E-state index contributed by atoms with van der Waals surface area (Å²) in [5.74, 6) is 0.741. The first kappa shape index (κ1) is 13.4. The molecule has 0 aromatic heterocycles. The Morgan fingerprint density at radius 2 is 1.80 bits per heavy atom. The molecule has 0 aliphatic heterocycles. The van der Waals surface area contributed by atoms with Gasteiger partial charge in [0, 0.05) is 10.0 Å². The fourth-order valence-corrected chi connectivity index (χ4v) is 2.77. The lowest BCUT2D eigenvalue weighted by atomic mass is 10.0. The van der Waals surface area contributed by atoms with Gasteiger partial charge in [-0.3, -0.25) is 4.79 Å². The minimum absolute atomic E-state index is 0.0302. The van der Waals surface area contributed by atoms with Crippen LogP contribution < -0.4 is 4.74 Å². The van der Waals surface area contributed by atoms with Gasteiger partial charge >= 0.3 is 0 Å². The molecule has 20 heavy (non-hydrogen) atoms. The quantitative estimate of drug-likeness (QED) is 0.785. The van der Waals surface area contributed by atoms with Crippen LogP contribution in [0.4, 0.5) is 0 Å². The molecule has 0 saturated carbocycles. The van der Waals surface area contributed by atoms with Crippen molar-refractivity contribution >= 4 is 21.7 Å². The van der Waals surface area contributed by atoms with E-state index in [1.807, 2.05) is 36.4 Å². The maximum Gasteiger partial charge on any atom is 0.200 e. The van der Waals surface area contributed by atoms with Crippen molar-refractivity contribution in [2.75, 3.05) is 6.61 Å². The zero-order valence-electron chi connectivity index (χ0n) is 11.1. The molecule has 0 spiro atoms. The van der Waals surface area contributed by atoms with E-state index in [4.69, 9.17) is 4.74 Å². The van der Waals surface area contributed by atoms with Gasteiger partial charge in [-0.15, -0.1) is 0 Å². The Hall–Kier alpha value is -1.61. The van der Waals surface area contributed by atoms with Crippen LogP contribution in [0.1, 0.15) is 27.9 Å². The predicted molar refractivity (Wildman–Crippen MR) is 82.4 cm³/mol. The molecule has 0 fully saturated rings. The molecule has 3 rings (SSSR count). The van der Waals surface area contributed by atoms with Crippen molar-refractivity contribution in [3.63, 3.8) is 0 Å². The fourth-order valence-electron chi connectivity index (χ4n) is 2.51. The zero-order valence-corrected chi connectivity index (χ0v) is 12.7. The number of aryl methyl sites for hydroxylation is 2. The second kappa shape index (κ2) is 5.80. The molecule has 0 N–H and O–H groups in total. The maximum absolute atomic E-state index is 12.2. The van der Waals surface area contributed by atoms with Crippen molar-refractivity contribution in [2.45, 2.75) is 19.3 Å². The molecule has 0 saturated heterocycles. The molecule has 1 aliphatic carbocycles. The lowest BCUT2D eigenvalue weighted by Gasteiger charge is -2.07. The van der Waals surface area contributed by atoms with Gasteiger partial charge in [0.2, 0.25) is 0 Å². The molecule has 2 nitrogen and oxygen atoms in total. The number of halogens is 1. The van der Waals surface area contributed by atoms with Crippen LogP contribution in [0.15, 0.2) is 46.9 Å². The van der Waals surface area contributed by atoms with Gasteiger partial charge < -0.3 is 4.74 Å². The Bertz CT molecular complexity index is 632. The van der Waals surface area contributed by atoms with Crippen molar-refractivity contribution in [1.82, 2.24) is 0 Å². The summed E-state index contributed by atoms with van der Waals surface area (Å²) < 4.78 is 6.52. The summed E-state index contributed by atoms with van der Waals surface area (Å²) in [6.45, 7) is 0.0837. The minimum atomic E-state index is 0.0302. The number of benzene rings is 2. The van der Waals surface area contributed by atoms with Crippen LogP contribution in [-0.2, 0) is 12.8 Å². The average Bonchev–Trinajstić information content (AvgIpc) is 2.93. The molecule has 102 valence electrons. The molecule has 2 aromatic carbocycles. The predicted octanol–water partition coefficient (Wildman–Crippen LogP) is 4.20. The Morgan fingerprint density at radius 1 is 1.05 bits per heavy atom. The average molecular weight is 331 g/mol. The molecule has 0 heterocycles. The number of hydrogen-bond donors (Lipinski definition) is 0. The van der Waals surface area contributed by atoms with Gasteiger partial charge in [-0.05, 0) is 60.7 Å². The first-order chi connectivity index (χ1) is 9.72. The van der Waals surface area contributed by atoms with Gasteiger partial charge in [0.05, 0.1) is 0 Å². The molecule has 3 heteroatoms. The first-order valence-corrected chi connectivity index (χ1v) is 7.55. The largest absolute Gasteiger partial charge is 0.485 e. The third kappa shape index (κ3) is 2.93. The maximum atomic E-state index is 12.2. The highest BCUT2D eigenvalue weighted by Gasteiger charge is 2.14. The first-order valence-electron chi connectivity index (χ1n) is 6.76. The number of fused-ring (bicyclic) bond motifs is 1. The number of Topliss-reactive ketones (excluding diaryl/α,β-unsaturated/α-hetero) is 1. The van der Waals surface area contributed by atoms with Gasteiger partial charge in [-0.1, -0.05) is 28.1 Å². The standard InChI is InChI=1S/C17H15BrO2/c18-15-6-8-16(9-7-15)20-11-17(19)14-5-4-12-2-1-3-13(12)10-14/h4-10H,1-3,11H2. The van der Waals surface area contributed by atoms with Gasteiger partial charge in [0.1, 0.15) is 5.75 Å². The Labute approximate surface area is 126 Å². The van der Waals surface area contributed by atoms with Crippen LogP contribution >= 0.6 is 15.9 Å². The number of carbonyl (C=O) groups is 1. The van der Waals surface area contributed by atoms with Crippen LogP contribution in [0.25, 0.3) is 0 Å². The fraction of sp³-hybridized carbons (Fsp3) is 0.235. The van der Waals surface area contributed by atoms with Crippen molar-refractivity contribution in [3.05, 3.63) is 63.6 Å². The molecule has 0 bridgehead atoms. The molecule has 0 amide bonds. The summed E-state index contributed by atoms with van der Waals surface area (Å²) >= 11 is 3.37. The topological polar surface area (TPSA) is 26.3 Å². The summed E-state index contributed by atoms with van der Waals surface area (Å²) in [5, 5.41) is 0. The number of rotatable bonds is 4. The smallest absolute Gasteiger partial charge is 0.200 e. The number of ketones is 1. The number of hydrogen-bond acceptors (Lipinski definition) is 2. The van der Waals surface area contributed by atoms with Crippen molar-refractivity contribution in [2.24, 2.45) is 0 Å².